The summed E-state index contributed by atoms with van der Waals surface area (Å²) in [6.45, 7) is 3.03. The number of alkyl halides is 2. The average Bonchev–Trinajstić information content (AvgIpc) is 3.24. The van der Waals surface area contributed by atoms with Crippen LogP contribution < -0.4 is 4.74 Å². The summed E-state index contributed by atoms with van der Waals surface area (Å²) in [5.74, 6) is -3.13. The molecule has 0 aliphatic carbocycles. The Kier molecular flexibility index (Phi) is 6.61. The predicted molar refractivity (Wildman–Crippen MR) is 132 cm³/mol. The van der Waals surface area contributed by atoms with E-state index in [1.165, 1.54) is 13.2 Å². The van der Waals surface area contributed by atoms with Gasteiger partial charge in [0, 0.05) is 29.4 Å². The first-order valence-corrected chi connectivity index (χ1v) is 12.7. The van der Waals surface area contributed by atoms with Crippen LogP contribution in [0.4, 0.5) is 13.2 Å². The van der Waals surface area contributed by atoms with Crippen LogP contribution in [0.2, 0.25) is 0 Å². The minimum absolute atomic E-state index is 0.115. The molecule has 0 N–H and O–H groups in total. The molecule has 0 spiro atoms. The first kappa shape index (κ1) is 24.6. The molecular weight excluding hydrogens is 523 g/mol. The molecule has 0 saturated carbocycles. The van der Waals surface area contributed by atoms with Gasteiger partial charge < -0.3 is 9.47 Å². The lowest BCUT2D eigenvalue weighted by atomic mass is 9.82. The molecule has 5 nitrogen and oxygen atoms in total. The van der Waals surface area contributed by atoms with Crippen LogP contribution in [0.15, 0.2) is 34.9 Å². The number of aromatic nitrogens is 2. The van der Waals surface area contributed by atoms with E-state index in [2.05, 4.69) is 21.0 Å². The highest BCUT2D eigenvalue weighted by Crippen LogP contribution is 2.46. The highest BCUT2D eigenvalue weighted by molar-refractivity contribution is 9.10. The quantitative estimate of drug-likeness (QED) is 0.356. The topological polar surface area (TPSA) is 39.5 Å². The van der Waals surface area contributed by atoms with Crippen LogP contribution in [0.25, 0.3) is 10.9 Å². The zero-order valence-corrected chi connectivity index (χ0v) is 21.6. The SMILES string of the molecule is COc1cc(Br)cc(F)c1C1c2ccc3c(cnn3C3CCCCO3)c2C[C@@H](C)N1CC(C)(F)F. The number of benzene rings is 2. The fourth-order valence-electron chi connectivity index (χ4n) is 5.56. The van der Waals surface area contributed by atoms with Crippen LogP contribution in [0, 0.1) is 5.82 Å². The molecule has 35 heavy (non-hydrogen) atoms. The minimum Gasteiger partial charge on any atom is -0.496 e. The van der Waals surface area contributed by atoms with Crippen molar-refractivity contribution < 1.29 is 22.6 Å². The lowest BCUT2D eigenvalue weighted by molar-refractivity contribution is -0.0373. The second kappa shape index (κ2) is 9.41. The Morgan fingerprint density at radius 1 is 1.26 bits per heavy atom. The van der Waals surface area contributed by atoms with Crippen molar-refractivity contribution in [3.05, 3.63) is 57.4 Å². The molecule has 0 radical (unpaired) electrons. The van der Waals surface area contributed by atoms with Gasteiger partial charge in [-0.25, -0.2) is 17.9 Å². The Morgan fingerprint density at radius 2 is 2.06 bits per heavy atom. The van der Waals surface area contributed by atoms with Crippen molar-refractivity contribution in [3.8, 4) is 5.75 Å². The van der Waals surface area contributed by atoms with Gasteiger partial charge in [-0.05, 0) is 61.9 Å². The van der Waals surface area contributed by atoms with Gasteiger partial charge in [0.15, 0.2) is 6.23 Å². The monoisotopic (exact) mass is 551 g/mol. The van der Waals surface area contributed by atoms with Crippen LogP contribution >= 0.6 is 15.9 Å². The zero-order chi connectivity index (χ0) is 24.9. The summed E-state index contributed by atoms with van der Waals surface area (Å²) in [7, 11) is 1.47. The summed E-state index contributed by atoms with van der Waals surface area (Å²) in [4.78, 5) is 1.69. The fourth-order valence-corrected chi connectivity index (χ4v) is 5.96. The molecule has 1 fully saturated rings. The predicted octanol–water partition coefficient (Wildman–Crippen LogP) is 6.64. The summed E-state index contributed by atoms with van der Waals surface area (Å²) in [5, 5.41) is 5.60. The number of halogens is 4. The summed E-state index contributed by atoms with van der Waals surface area (Å²) in [6.07, 6.45) is 5.29. The average molecular weight is 552 g/mol. The summed E-state index contributed by atoms with van der Waals surface area (Å²) in [5.41, 5.74) is 3.00. The number of hydrogen-bond donors (Lipinski definition) is 0. The number of methoxy groups -OCH3 is 1. The largest absolute Gasteiger partial charge is 0.496 e. The molecule has 1 aromatic heterocycles. The molecule has 3 aromatic rings. The van der Waals surface area contributed by atoms with E-state index in [0.717, 1.165) is 48.2 Å². The van der Waals surface area contributed by atoms with Crippen molar-refractivity contribution >= 4 is 26.8 Å². The Bertz CT molecular complexity index is 1240. The lowest BCUT2D eigenvalue weighted by Gasteiger charge is -2.43. The van der Waals surface area contributed by atoms with Gasteiger partial charge in [0.05, 0.1) is 37.0 Å². The first-order valence-electron chi connectivity index (χ1n) is 11.9. The van der Waals surface area contributed by atoms with Crippen molar-refractivity contribution in [1.82, 2.24) is 14.7 Å². The second-order valence-electron chi connectivity index (χ2n) is 9.68. The molecule has 1 saturated heterocycles. The minimum atomic E-state index is -2.95. The maximum Gasteiger partial charge on any atom is 0.257 e. The van der Waals surface area contributed by atoms with Crippen LogP contribution in [0.3, 0.4) is 0 Å². The first-order chi connectivity index (χ1) is 16.7. The molecule has 9 heteroatoms. The molecule has 2 unspecified atom stereocenters. The summed E-state index contributed by atoms with van der Waals surface area (Å²) < 4.78 is 58.2. The molecule has 2 aliphatic rings. The number of ether oxygens (including phenoxy) is 2. The van der Waals surface area contributed by atoms with E-state index in [4.69, 9.17) is 9.47 Å². The van der Waals surface area contributed by atoms with Gasteiger partial charge in [0.25, 0.3) is 5.92 Å². The highest BCUT2D eigenvalue weighted by atomic mass is 79.9. The van der Waals surface area contributed by atoms with Crippen molar-refractivity contribution in [3.63, 3.8) is 0 Å². The third kappa shape index (κ3) is 4.58. The molecule has 2 aromatic carbocycles. The third-order valence-corrected chi connectivity index (χ3v) is 7.52. The van der Waals surface area contributed by atoms with Gasteiger partial charge in [-0.15, -0.1) is 0 Å². The highest BCUT2D eigenvalue weighted by Gasteiger charge is 2.41. The van der Waals surface area contributed by atoms with E-state index in [9.17, 15) is 8.78 Å². The van der Waals surface area contributed by atoms with E-state index in [0.29, 0.717) is 23.2 Å². The van der Waals surface area contributed by atoms with Crippen molar-refractivity contribution in [2.75, 3.05) is 20.3 Å². The van der Waals surface area contributed by atoms with E-state index >= 15 is 4.39 Å². The van der Waals surface area contributed by atoms with Gasteiger partial charge in [-0.2, -0.15) is 5.10 Å². The van der Waals surface area contributed by atoms with Crippen LogP contribution in [-0.2, 0) is 11.2 Å². The molecule has 188 valence electrons. The van der Waals surface area contributed by atoms with Gasteiger partial charge in [-0.1, -0.05) is 22.0 Å². The van der Waals surface area contributed by atoms with Gasteiger partial charge in [-0.3, -0.25) is 4.90 Å². The summed E-state index contributed by atoms with van der Waals surface area (Å²) >= 11 is 3.32. The molecule has 3 atom stereocenters. The van der Waals surface area contributed by atoms with E-state index in [1.807, 2.05) is 29.9 Å². The lowest BCUT2D eigenvalue weighted by Crippen LogP contribution is -2.47. The molecule has 0 bridgehead atoms. The number of nitrogens with zero attached hydrogens (tertiary/aromatic N) is 3. The van der Waals surface area contributed by atoms with Gasteiger partial charge in [0.1, 0.15) is 11.6 Å². The normalized spacial score (nSPS) is 23.5. The maximum atomic E-state index is 15.5. The van der Waals surface area contributed by atoms with Crippen molar-refractivity contribution in [2.45, 2.75) is 63.8 Å². The fraction of sp³-hybridized carbons (Fsp3) is 0.500. The summed E-state index contributed by atoms with van der Waals surface area (Å²) in [6, 6.07) is 5.92. The smallest absolute Gasteiger partial charge is 0.257 e. The second-order valence-corrected chi connectivity index (χ2v) is 10.6. The zero-order valence-electron chi connectivity index (χ0n) is 20.0. The molecular formula is C26H29BrF3N3O2. The van der Waals surface area contributed by atoms with Crippen LogP contribution in [0.1, 0.15) is 62.1 Å². The Labute approximate surface area is 211 Å². The molecule has 2 aliphatic heterocycles. The third-order valence-electron chi connectivity index (χ3n) is 7.06. The Hall–Kier alpha value is -2.10. The Morgan fingerprint density at radius 3 is 2.74 bits per heavy atom. The van der Waals surface area contributed by atoms with Crippen molar-refractivity contribution in [2.24, 2.45) is 0 Å². The number of fused-ring (bicyclic) bond motifs is 3. The van der Waals surface area contributed by atoms with E-state index in [1.54, 1.807) is 11.0 Å². The van der Waals surface area contributed by atoms with Crippen LogP contribution in [0.5, 0.6) is 5.75 Å². The standard InChI is InChI=1S/C26H29BrF3N3O2/c1-15-10-18-17(7-8-21-19(18)13-31-33(21)23-6-4-5-9-35-23)25(32(15)14-26(2,29)30)24-20(28)11-16(27)12-22(24)34-3/h7-8,11-13,15,23,25H,4-6,9-10,14H2,1-3H3/t15-,23?,25?/m1/s1. The van der Waals surface area contributed by atoms with Crippen LogP contribution in [-0.4, -0.2) is 46.9 Å². The number of rotatable bonds is 5. The van der Waals surface area contributed by atoms with E-state index in [-0.39, 0.29) is 17.8 Å². The van der Waals surface area contributed by atoms with Gasteiger partial charge >= 0.3 is 0 Å². The molecule has 3 heterocycles. The Balaban J connectivity index is 1.70. The van der Waals surface area contributed by atoms with Crippen molar-refractivity contribution in [1.29, 1.82) is 0 Å². The van der Waals surface area contributed by atoms with Gasteiger partial charge in [0.2, 0.25) is 0 Å². The maximum absolute atomic E-state index is 15.5. The molecule has 5 rings (SSSR count). The van der Waals surface area contributed by atoms with E-state index < -0.39 is 24.3 Å². The number of hydrogen-bond acceptors (Lipinski definition) is 4. The molecule has 0 amide bonds.